The molecule has 1 aliphatic rings. The Morgan fingerprint density at radius 1 is 1.35 bits per heavy atom. The summed E-state index contributed by atoms with van der Waals surface area (Å²) in [6.45, 7) is 4.06. The van der Waals surface area contributed by atoms with Crippen LogP contribution >= 0.6 is 11.3 Å². The van der Waals surface area contributed by atoms with E-state index < -0.39 is 5.92 Å². The summed E-state index contributed by atoms with van der Waals surface area (Å²) in [5.74, 6) is 0.443. The lowest BCUT2D eigenvalue weighted by molar-refractivity contribution is -0.119. The van der Waals surface area contributed by atoms with E-state index in [0.29, 0.717) is 23.1 Å². The van der Waals surface area contributed by atoms with Crippen LogP contribution in [0.3, 0.4) is 0 Å². The van der Waals surface area contributed by atoms with Crippen LogP contribution in [0, 0.1) is 5.92 Å². The fraction of sp³-hybridized carbons (Fsp3) is 0.167. The van der Waals surface area contributed by atoms with E-state index in [9.17, 15) is 4.79 Å². The van der Waals surface area contributed by atoms with Crippen LogP contribution in [0.4, 0.5) is 11.6 Å². The maximum atomic E-state index is 13.2. The summed E-state index contributed by atoms with van der Waals surface area (Å²) in [5.41, 5.74) is 1.19. The molecule has 8 heteroatoms. The minimum Gasteiger partial charge on any atom is -0.495 e. The van der Waals surface area contributed by atoms with Crippen LogP contribution in [0.15, 0.2) is 60.4 Å². The zero-order chi connectivity index (χ0) is 18.1. The van der Waals surface area contributed by atoms with Gasteiger partial charge in [-0.3, -0.25) is 4.79 Å². The molecular formula is C18H17N5O2S. The minimum absolute atomic E-state index is 0.188. The summed E-state index contributed by atoms with van der Waals surface area (Å²) >= 11 is 1.57. The zero-order valence-electron chi connectivity index (χ0n) is 14.0. The second-order valence-electron chi connectivity index (χ2n) is 5.81. The molecule has 1 aliphatic heterocycles. The van der Waals surface area contributed by atoms with Gasteiger partial charge in [-0.25, -0.2) is 4.68 Å². The highest BCUT2D eigenvalue weighted by Crippen LogP contribution is 2.39. The Kier molecular flexibility index (Phi) is 4.18. The number of methoxy groups -OCH3 is 1. The van der Waals surface area contributed by atoms with Gasteiger partial charge in [0.1, 0.15) is 24.0 Å². The number of aromatic nitrogens is 3. The van der Waals surface area contributed by atoms with Crippen LogP contribution in [0.2, 0.25) is 0 Å². The van der Waals surface area contributed by atoms with E-state index in [1.54, 1.807) is 35.3 Å². The molecule has 0 bridgehead atoms. The molecule has 3 heterocycles. The Bertz CT molecular complexity index is 950. The van der Waals surface area contributed by atoms with Crippen molar-refractivity contribution in [2.75, 3.05) is 17.7 Å². The van der Waals surface area contributed by atoms with Crippen molar-refractivity contribution in [3.8, 4) is 5.75 Å². The molecule has 26 heavy (non-hydrogen) atoms. The maximum Gasteiger partial charge on any atom is 0.236 e. The Hall–Kier alpha value is -3.13. The van der Waals surface area contributed by atoms with Gasteiger partial charge >= 0.3 is 0 Å². The quantitative estimate of drug-likeness (QED) is 0.740. The van der Waals surface area contributed by atoms with Crippen LogP contribution in [0.5, 0.6) is 5.75 Å². The number of ether oxygens (including phenoxy) is 1. The second kappa shape index (κ2) is 6.64. The molecule has 2 aromatic heterocycles. The van der Waals surface area contributed by atoms with Crippen LogP contribution in [0.1, 0.15) is 10.9 Å². The first-order valence-corrected chi connectivity index (χ1v) is 8.89. The van der Waals surface area contributed by atoms with E-state index in [4.69, 9.17) is 4.74 Å². The van der Waals surface area contributed by atoms with Gasteiger partial charge in [0, 0.05) is 10.6 Å². The Balaban J connectivity index is 1.71. The first-order valence-electron chi connectivity index (χ1n) is 8.01. The van der Waals surface area contributed by atoms with Crippen LogP contribution in [-0.2, 0) is 4.79 Å². The van der Waals surface area contributed by atoms with Crippen molar-refractivity contribution in [1.82, 2.24) is 14.8 Å². The number of thiophene rings is 1. The van der Waals surface area contributed by atoms with E-state index in [2.05, 4.69) is 27.3 Å². The Morgan fingerprint density at radius 3 is 2.96 bits per heavy atom. The molecule has 2 N–H and O–H groups in total. The number of anilines is 2. The molecule has 3 aromatic rings. The number of hydrogen-bond acceptors (Lipinski definition) is 6. The van der Waals surface area contributed by atoms with E-state index in [1.165, 1.54) is 6.33 Å². The summed E-state index contributed by atoms with van der Waals surface area (Å²) in [5, 5.41) is 12.3. The van der Waals surface area contributed by atoms with E-state index in [0.717, 1.165) is 4.88 Å². The van der Waals surface area contributed by atoms with Gasteiger partial charge in [0.2, 0.25) is 11.9 Å². The zero-order valence-corrected chi connectivity index (χ0v) is 14.9. The molecule has 0 radical (unpaired) electrons. The van der Waals surface area contributed by atoms with Crippen molar-refractivity contribution < 1.29 is 9.53 Å². The summed E-state index contributed by atoms with van der Waals surface area (Å²) in [6, 6.07) is 10.9. The van der Waals surface area contributed by atoms with Crippen molar-refractivity contribution in [2.45, 2.75) is 6.04 Å². The van der Waals surface area contributed by atoms with Crippen LogP contribution < -0.4 is 15.4 Å². The third-order valence-electron chi connectivity index (χ3n) is 4.28. The minimum atomic E-state index is -0.548. The van der Waals surface area contributed by atoms with Gasteiger partial charge in [-0.15, -0.1) is 11.3 Å². The highest BCUT2D eigenvalue weighted by Gasteiger charge is 2.40. The van der Waals surface area contributed by atoms with Gasteiger partial charge < -0.3 is 15.4 Å². The van der Waals surface area contributed by atoms with Gasteiger partial charge in [0.15, 0.2) is 0 Å². The number of amides is 1. The SMILES string of the molecule is C=C1Nc2ncnn2C(c2cccs2)C1C(=O)Nc1ccccc1OC. The maximum absolute atomic E-state index is 13.2. The average molecular weight is 367 g/mol. The van der Waals surface area contributed by atoms with Gasteiger partial charge in [-0.1, -0.05) is 24.8 Å². The number of rotatable bonds is 4. The van der Waals surface area contributed by atoms with Gasteiger partial charge in [-0.05, 0) is 23.6 Å². The second-order valence-corrected chi connectivity index (χ2v) is 6.79. The number of nitrogens with one attached hydrogen (secondary N) is 2. The molecule has 0 saturated carbocycles. The van der Waals surface area contributed by atoms with E-state index in [-0.39, 0.29) is 11.9 Å². The molecule has 1 amide bonds. The monoisotopic (exact) mass is 367 g/mol. The van der Waals surface area contributed by atoms with Gasteiger partial charge in [-0.2, -0.15) is 10.1 Å². The van der Waals surface area contributed by atoms with Gasteiger partial charge in [0.25, 0.3) is 0 Å². The summed E-state index contributed by atoms with van der Waals surface area (Å²) in [4.78, 5) is 18.4. The fourth-order valence-corrected chi connectivity index (χ4v) is 3.95. The molecule has 1 aromatic carbocycles. The fourth-order valence-electron chi connectivity index (χ4n) is 3.10. The highest BCUT2D eigenvalue weighted by molar-refractivity contribution is 7.10. The van der Waals surface area contributed by atoms with Crippen molar-refractivity contribution in [1.29, 1.82) is 0 Å². The number of para-hydroxylation sites is 2. The normalized spacial score (nSPS) is 18.7. The van der Waals surface area contributed by atoms with Crippen molar-refractivity contribution in [3.63, 3.8) is 0 Å². The first-order chi connectivity index (χ1) is 12.7. The molecule has 0 fully saturated rings. The van der Waals surface area contributed by atoms with Crippen molar-refractivity contribution in [3.05, 3.63) is 65.3 Å². The topological polar surface area (TPSA) is 81.1 Å². The largest absolute Gasteiger partial charge is 0.495 e. The number of benzene rings is 1. The van der Waals surface area contributed by atoms with Gasteiger partial charge in [0.05, 0.1) is 12.8 Å². The lowest BCUT2D eigenvalue weighted by Gasteiger charge is -2.33. The standard InChI is InChI=1S/C18H17N5O2S/c1-11-15(17(24)22-12-6-3-4-7-13(12)25-2)16(14-8-5-9-26-14)23-18(21-11)19-10-20-23/h3-10,15-16H,1H2,2H3,(H,22,24)(H,19,20,21). The highest BCUT2D eigenvalue weighted by atomic mass is 32.1. The molecule has 0 spiro atoms. The Labute approximate surface area is 154 Å². The summed E-state index contributed by atoms with van der Waals surface area (Å²) in [7, 11) is 1.57. The molecular weight excluding hydrogens is 350 g/mol. The summed E-state index contributed by atoms with van der Waals surface area (Å²) in [6.07, 6.45) is 1.47. The number of carbonyl (C=O) groups excluding carboxylic acids is 1. The number of nitrogens with zero attached hydrogens (tertiary/aromatic N) is 3. The molecule has 2 unspecified atom stereocenters. The third kappa shape index (κ3) is 2.74. The van der Waals surface area contributed by atoms with Crippen LogP contribution in [-0.4, -0.2) is 27.8 Å². The van der Waals surface area contributed by atoms with Crippen molar-refractivity contribution in [2.24, 2.45) is 5.92 Å². The lowest BCUT2D eigenvalue weighted by Crippen LogP contribution is -2.39. The van der Waals surface area contributed by atoms with E-state index >= 15 is 0 Å². The molecule has 7 nitrogen and oxygen atoms in total. The Morgan fingerprint density at radius 2 is 2.19 bits per heavy atom. The first kappa shape index (κ1) is 16.3. The molecule has 0 aliphatic carbocycles. The number of fused-ring (bicyclic) bond motifs is 1. The molecule has 0 saturated heterocycles. The summed E-state index contributed by atoms with van der Waals surface area (Å²) < 4.78 is 7.05. The number of hydrogen-bond donors (Lipinski definition) is 2. The number of carbonyl (C=O) groups is 1. The van der Waals surface area contributed by atoms with E-state index in [1.807, 2.05) is 29.6 Å². The predicted octanol–water partition coefficient (Wildman–Crippen LogP) is 3.13. The smallest absolute Gasteiger partial charge is 0.236 e. The molecule has 4 rings (SSSR count). The molecule has 2 atom stereocenters. The lowest BCUT2D eigenvalue weighted by atomic mass is 9.92. The average Bonchev–Trinajstić information content (AvgIpc) is 3.32. The third-order valence-corrected chi connectivity index (χ3v) is 5.23. The van der Waals surface area contributed by atoms with Crippen molar-refractivity contribution >= 4 is 28.9 Å². The predicted molar refractivity (Wildman–Crippen MR) is 100 cm³/mol. The van der Waals surface area contributed by atoms with Crippen LogP contribution in [0.25, 0.3) is 0 Å². The molecule has 132 valence electrons.